The maximum absolute atomic E-state index is 12.1. The minimum Gasteiger partial charge on any atom is -0.497 e. The summed E-state index contributed by atoms with van der Waals surface area (Å²) in [5.74, 6) is 0.879. The first-order chi connectivity index (χ1) is 11.6. The van der Waals surface area contributed by atoms with Crippen molar-refractivity contribution in [2.24, 2.45) is 5.16 Å². The maximum atomic E-state index is 12.1. The van der Waals surface area contributed by atoms with Crippen molar-refractivity contribution in [2.75, 3.05) is 7.11 Å². The molecule has 0 aliphatic carbocycles. The highest BCUT2D eigenvalue weighted by atomic mass is 79.9. The van der Waals surface area contributed by atoms with Gasteiger partial charge in [0, 0.05) is 22.5 Å². The van der Waals surface area contributed by atoms with E-state index in [2.05, 4.69) is 21.1 Å². The fourth-order valence-corrected chi connectivity index (χ4v) is 2.69. The number of rotatable bonds is 3. The number of halogens is 1. The molecule has 2 aromatic carbocycles. The van der Waals surface area contributed by atoms with Crippen molar-refractivity contribution in [3.8, 4) is 11.5 Å². The molecule has 3 rings (SSSR count). The molecule has 1 heterocycles. The molecular weight excluding hydrogens is 374 g/mol. The predicted molar refractivity (Wildman–Crippen MR) is 93.8 cm³/mol. The second-order valence-electron chi connectivity index (χ2n) is 5.42. The van der Waals surface area contributed by atoms with Crippen LogP contribution in [0.15, 0.2) is 52.1 Å². The Balaban J connectivity index is 1.83. The number of fused-ring (bicyclic) bond motifs is 1. The van der Waals surface area contributed by atoms with Gasteiger partial charge in [0.25, 0.3) is 0 Å². The Bertz CT molecular complexity index is 786. The van der Waals surface area contributed by atoms with Crippen LogP contribution in [-0.4, -0.2) is 24.9 Å². The van der Waals surface area contributed by atoms with E-state index in [1.54, 1.807) is 37.4 Å². The molecule has 124 valence electrons. The SMILES string of the molecule is COc1ccc2c(c1)OC(C)C/C2=N\OC(=O)c1ccc(Br)cc1. The molecule has 0 saturated heterocycles. The molecular formula is C18H16BrNO4. The summed E-state index contributed by atoms with van der Waals surface area (Å²) in [4.78, 5) is 17.2. The van der Waals surface area contributed by atoms with Crippen LogP contribution in [0.2, 0.25) is 0 Å². The van der Waals surface area contributed by atoms with Gasteiger partial charge in [0.05, 0.1) is 18.4 Å². The summed E-state index contributed by atoms with van der Waals surface area (Å²) in [6, 6.07) is 12.4. The maximum Gasteiger partial charge on any atom is 0.365 e. The summed E-state index contributed by atoms with van der Waals surface area (Å²) in [5.41, 5.74) is 1.92. The summed E-state index contributed by atoms with van der Waals surface area (Å²) < 4.78 is 11.9. The van der Waals surface area contributed by atoms with Crippen molar-refractivity contribution in [3.05, 3.63) is 58.1 Å². The van der Waals surface area contributed by atoms with Crippen LogP contribution in [0.25, 0.3) is 0 Å². The standard InChI is InChI=1S/C18H16BrNO4/c1-11-9-16(15-8-7-14(22-2)10-17(15)23-11)20-24-18(21)12-3-5-13(19)6-4-12/h3-8,10-11H,9H2,1-2H3/b20-16+. The molecule has 1 aliphatic rings. The quantitative estimate of drug-likeness (QED) is 0.583. The molecule has 1 unspecified atom stereocenters. The molecule has 2 aromatic rings. The Labute approximate surface area is 148 Å². The Morgan fingerprint density at radius 2 is 2.00 bits per heavy atom. The Morgan fingerprint density at radius 1 is 1.25 bits per heavy atom. The summed E-state index contributed by atoms with van der Waals surface area (Å²) in [6.45, 7) is 1.94. The smallest absolute Gasteiger partial charge is 0.365 e. The van der Waals surface area contributed by atoms with Crippen LogP contribution < -0.4 is 9.47 Å². The summed E-state index contributed by atoms with van der Waals surface area (Å²) >= 11 is 3.33. The van der Waals surface area contributed by atoms with Crippen molar-refractivity contribution >= 4 is 27.6 Å². The second kappa shape index (κ2) is 7.05. The number of methoxy groups -OCH3 is 1. The van der Waals surface area contributed by atoms with E-state index in [-0.39, 0.29) is 6.10 Å². The van der Waals surface area contributed by atoms with Gasteiger partial charge in [-0.15, -0.1) is 0 Å². The lowest BCUT2D eigenvalue weighted by Crippen LogP contribution is -2.25. The van der Waals surface area contributed by atoms with Gasteiger partial charge in [0.2, 0.25) is 0 Å². The number of hydrogen-bond acceptors (Lipinski definition) is 5. The minimum atomic E-state index is -0.496. The molecule has 0 fully saturated rings. The molecule has 0 bridgehead atoms. The second-order valence-corrected chi connectivity index (χ2v) is 6.33. The molecule has 1 aliphatic heterocycles. The zero-order valence-corrected chi connectivity index (χ0v) is 14.9. The predicted octanol–water partition coefficient (Wildman–Crippen LogP) is 4.19. The molecule has 0 saturated carbocycles. The van der Waals surface area contributed by atoms with E-state index in [0.29, 0.717) is 29.2 Å². The van der Waals surface area contributed by atoms with Crippen molar-refractivity contribution in [3.63, 3.8) is 0 Å². The highest BCUT2D eigenvalue weighted by molar-refractivity contribution is 9.10. The van der Waals surface area contributed by atoms with Gasteiger partial charge in [-0.3, -0.25) is 0 Å². The average molecular weight is 390 g/mol. The summed E-state index contributed by atoms with van der Waals surface area (Å²) in [7, 11) is 1.60. The van der Waals surface area contributed by atoms with Crippen LogP contribution in [0, 0.1) is 0 Å². The number of hydrogen-bond donors (Lipinski definition) is 0. The van der Waals surface area contributed by atoms with Crippen molar-refractivity contribution in [1.82, 2.24) is 0 Å². The number of oxime groups is 1. The van der Waals surface area contributed by atoms with Crippen molar-refractivity contribution in [2.45, 2.75) is 19.4 Å². The summed E-state index contributed by atoms with van der Waals surface area (Å²) in [5, 5.41) is 4.06. The van der Waals surface area contributed by atoms with E-state index in [4.69, 9.17) is 14.3 Å². The molecule has 6 heteroatoms. The highest BCUT2D eigenvalue weighted by Gasteiger charge is 2.23. The van der Waals surface area contributed by atoms with Gasteiger partial charge in [0.1, 0.15) is 17.6 Å². The Hall–Kier alpha value is -2.34. The molecule has 0 radical (unpaired) electrons. The number of carbonyl (C=O) groups is 1. The topological polar surface area (TPSA) is 57.1 Å². The lowest BCUT2D eigenvalue weighted by molar-refractivity contribution is 0.0513. The average Bonchev–Trinajstić information content (AvgIpc) is 2.59. The minimum absolute atomic E-state index is 0.0604. The lowest BCUT2D eigenvalue weighted by atomic mass is 10.0. The van der Waals surface area contributed by atoms with Gasteiger partial charge in [-0.05, 0) is 43.3 Å². The largest absolute Gasteiger partial charge is 0.497 e. The van der Waals surface area contributed by atoms with Crippen LogP contribution in [0.4, 0.5) is 0 Å². The van der Waals surface area contributed by atoms with Crippen LogP contribution in [0.3, 0.4) is 0 Å². The molecule has 0 spiro atoms. The van der Waals surface area contributed by atoms with E-state index < -0.39 is 5.97 Å². The monoisotopic (exact) mass is 389 g/mol. The zero-order chi connectivity index (χ0) is 17.1. The molecule has 0 amide bonds. The van der Waals surface area contributed by atoms with Gasteiger partial charge in [-0.25, -0.2) is 4.79 Å². The number of ether oxygens (including phenoxy) is 2. The van der Waals surface area contributed by atoms with Crippen LogP contribution >= 0.6 is 15.9 Å². The third-order valence-corrected chi connectivity index (χ3v) is 4.16. The first kappa shape index (κ1) is 16.5. The number of benzene rings is 2. The van der Waals surface area contributed by atoms with E-state index >= 15 is 0 Å². The highest BCUT2D eigenvalue weighted by Crippen LogP contribution is 2.31. The molecule has 24 heavy (non-hydrogen) atoms. The fourth-order valence-electron chi connectivity index (χ4n) is 2.43. The van der Waals surface area contributed by atoms with Crippen molar-refractivity contribution in [1.29, 1.82) is 0 Å². The van der Waals surface area contributed by atoms with E-state index in [0.717, 1.165) is 10.0 Å². The molecule has 1 atom stereocenters. The van der Waals surface area contributed by atoms with Crippen LogP contribution in [0.5, 0.6) is 11.5 Å². The molecule has 5 nitrogen and oxygen atoms in total. The van der Waals surface area contributed by atoms with Crippen LogP contribution in [-0.2, 0) is 4.84 Å². The van der Waals surface area contributed by atoms with Gasteiger partial charge < -0.3 is 14.3 Å². The molecule has 0 aromatic heterocycles. The van der Waals surface area contributed by atoms with Crippen LogP contribution in [0.1, 0.15) is 29.3 Å². The zero-order valence-electron chi connectivity index (χ0n) is 13.3. The van der Waals surface area contributed by atoms with E-state index in [1.807, 2.05) is 19.1 Å². The normalized spacial score (nSPS) is 17.8. The summed E-state index contributed by atoms with van der Waals surface area (Å²) in [6.07, 6.45) is 0.502. The van der Waals surface area contributed by atoms with E-state index in [9.17, 15) is 4.79 Å². The Morgan fingerprint density at radius 3 is 2.71 bits per heavy atom. The number of nitrogens with zero attached hydrogens (tertiary/aromatic N) is 1. The lowest BCUT2D eigenvalue weighted by Gasteiger charge is -2.24. The first-order valence-electron chi connectivity index (χ1n) is 7.45. The van der Waals surface area contributed by atoms with Gasteiger partial charge in [-0.2, -0.15) is 0 Å². The van der Waals surface area contributed by atoms with Gasteiger partial charge >= 0.3 is 5.97 Å². The molecule has 0 N–H and O–H groups in total. The van der Waals surface area contributed by atoms with E-state index in [1.165, 1.54) is 0 Å². The Kier molecular flexibility index (Phi) is 4.85. The van der Waals surface area contributed by atoms with Gasteiger partial charge in [0.15, 0.2) is 0 Å². The van der Waals surface area contributed by atoms with Gasteiger partial charge in [-0.1, -0.05) is 21.1 Å². The fraction of sp³-hybridized carbons (Fsp3) is 0.222. The first-order valence-corrected chi connectivity index (χ1v) is 8.25. The number of carbonyl (C=O) groups excluding carboxylic acids is 1. The van der Waals surface area contributed by atoms with Crippen molar-refractivity contribution < 1.29 is 19.1 Å². The third kappa shape index (κ3) is 3.59. The third-order valence-electron chi connectivity index (χ3n) is 3.63.